The van der Waals surface area contributed by atoms with Crippen LogP contribution in [-0.2, 0) is 5.41 Å². The highest BCUT2D eigenvalue weighted by Crippen LogP contribution is 2.43. The van der Waals surface area contributed by atoms with Gasteiger partial charge in [-0.15, -0.1) is 0 Å². The molecule has 8 atom stereocenters. The van der Waals surface area contributed by atoms with Crippen LogP contribution in [0.1, 0.15) is 128 Å². The van der Waals surface area contributed by atoms with Crippen molar-refractivity contribution in [3.8, 4) is 11.5 Å². The van der Waals surface area contributed by atoms with Crippen molar-refractivity contribution in [1.82, 2.24) is 0 Å². The molecule has 8 N–H and O–H groups in total. The Labute approximate surface area is 430 Å². The molecule has 7 nitrogen and oxygen atoms in total. The molecular formula is C65H78N6O. The maximum atomic E-state index is 5.97. The Morgan fingerprint density at radius 2 is 0.806 bits per heavy atom. The van der Waals surface area contributed by atoms with E-state index in [4.69, 9.17) is 27.7 Å². The van der Waals surface area contributed by atoms with Gasteiger partial charge in [0.05, 0.1) is 0 Å². The van der Waals surface area contributed by atoms with Crippen LogP contribution in [0.15, 0.2) is 176 Å². The number of piperidine rings is 1. The summed E-state index contributed by atoms with van der Waals surface area (Å²) in [6.07, 6.45) is 8.64. The molecule has 7 aromatic rings. The molecule has 12 rings (SSSR count). The van der Waals surface area contributed by atoms with Gasteiger partial charge in [-0.05, 0) is 176 Å². The third kappa shape index (κ3) is 13.4. The second kappa shape index (κ2) is 22.7. The van der Waals surface area contributed by atoms with Gasteiger partial charge in [-0.1, -0.05) is 124 Å². The topological polar surface area (TPSA) is 120 Å². The zero-order valence-corrected chi connectivity index (χ0v) is 43.3. The normalized spacial score (nSPS) is 23.4. The summed E-state index contributed by atoms with van der Waals surface area (Å²) in [6.45, 7) is 13.4. The highest BCUT2D eigenvalue weighted by molar-refractivity contribution is 5.76. The Kier molecular flexibility index (Phi) is 16.0. The minimum atomic E-state index is 0.170. The number of nitrogens with zero attached hydrogens (tertiary/aromatic N) is 2. The lowest BCUT2D eigenvalue weighted by Crippen LogP contribution is -2.29. The van der Waals surface area contributed by atoms with Crippen LogP contribution in [0, 0.1) is 13.8 Å². The number of hydrogen-bond donors (Lipinski definition) is 4. The molecule has 4 aliphatic carbocycles. The molecule has 0 amide bonds. The Balaban J connectivity index is 0.000000122. The third-order valence-electron chi connectivity index (χ3n) is 15.2. The number of para-hydroxylation sites is 2. The average Bonchev–Trinajstić information content (AvgIpc) is 4.27. The van der Waals surface area contributed by atoms with Gasteiger partial charge < -0.3 is 37.5 Å². The van der Waals surface area contributed by atoms with Crippen LogP contribution >= 0.6 is 0 Å². The molecule has 0 radical (unpaired) electrons. The first-order valence-electron chi connectivity index (χ1n) is 26.6. The van der Waals surface area contributed by atoms with Gasteiger partial charge in [0.1, 0.15) is 11.5 Å². The van der Waals surface area contributed by atoms with Gasteiger partial charge in [-0.2, -0.15) is 0 Å². The van der Waals surface area contributed by atoms with E-state index in [0.29, 0.717) is 47.8 Å². The van der Waals surface area contributed by atoms with E-state index in [9.17, 15) is 0 Å². The van der Waals surface area contributed by atoms with Gasteiger partial charge in [-0.3, -0.25) is 0 Å². The fraction of sp³-hybridized carbons (Fsp3) is 0.354. The highest BCUT2D eigenvalue weighted by Gasteiger charge is 2.37. The Hall–Kier alpha value is -6.22. The molecule has 8 unspecified atom stereocenters. The van der Waals surface area contributed by atoms with Gasteiger partial charge >= 0.3 is 0 Å². The molecule has 4 saturated carbocycles. The van der Waals surface area contributed by atoms with Crippen LogP contribution in [0.4, 0.5) is 22.7 Å². The third-order valence-corrected chi connectivity index (χ3v) is 15.2. The lowest BCUT2D eigenvalue weighted by atomic mass is 9.87. The summed E-state index contributed by atoms with van der Waals surface area (Å²) < 4.78 is 5.90. The molecule has 0 aromatic heterocycles. The van der Waals surface area contributed by atoms with E-state index in [0.717, 1.165) is 35.7 Å². The highest BCUT2D eigenvalue weighted by atomic mass is 16.5. The number of hydrogen-bond acceptors (Lipinski definition) is 7. The first-order valence-corrected chi connectivity index (χ1v) is 26.6. The SMILES string of the molecule is CC(C)(C)c1ccc(Oc2ccc(C3CC3N)cc2)cc1.Cc1ccc(C2CC2N)cc1C.NC1CC1c1ccc(N(c2ccccc2)c2ccccc2)cc1.NC1CC1c1ccc(N2CCCCC2)cc1. The molecule has 1 aliphatic heterocycles. The molecule has 7 aromatic carbocycles. The summed E-state index contributed by atoms with van der Waals surface area (Å²) in [5, 5.41) is 0. The van der Waals surface area contributed by atoms with Gasteiger partial charge in [0.2, 0.25) is 0 Å². The first-order chi connectivity index (χ1) is 34.8. The summed E-state index contributed by atoms with van der Waals surface area (Å²) in [5.74, 6) is 4.12. The molecule has 1 saturated heterocycles. The molecule has 0 bridgehead atoms. The van der Waals surface area contributed by atoms with Crippen LogP contribution in [0.5, 0.6) is 11.5 Å². The fourth-order valence-electron chi connectivity index (χ4n) is 9.89. The van der Waals surface area contributed by atoms with E-state index in [2.05, 4.69) is 184 Å². The van der Waals surface area contributed by atoms with Crippen LogP contribution in [0.25, 0.3) is 0 Å². The van der Waals surface area contributed by atoms with Gasteiger partial charge in [0, 0.05) is 83.7 Å². The molecule has 1 heterocycles. The number of anilines is 4. The molecular weight excluding hydrogens is 881 g/mol. The van der Waals surface area contributed by atoms with Crippen molar-refractivity contribution in [2.45, 2.75) is 133 Å². The summed E-state index contributed by atoms with van der Waals surface area (Å²) in [6, 6.07) is 63.6. The number of ether oxygens (including phenoxy) is 1. The zero-order chi connectivity index (χ0) is 50.4. The van der Waals surface area contributed by atoms with Crippen molar-refractivity contribution in [3.05, 3.63) is 215 Å². The Morgan fingerprint density at radius 3 is 1.22 bits per heavy atom. The van der Waals surface area contributed by atoms with Crippen molar-refractivity contribution in [2.24, 2.45) is 22.9 Å². The van der Waals surface area contributed by atoms with E-state index in [1.807, 2.05) is 36.4 Å². The number of nitrogens with two attached hydrogens (primary N) is 4. The number of benzene rings is 7. The molecule has 5 aliphatic rings. The quantitative estimate of drug-likeness (QED) is 0.108. The van der Waals surface area contributed by atoms with Crippen molar-refractivity contribution in [2.75, 3.05) is 22.9 Å². The van der Waals surface area contributed by atoms with E-state index >= 15 is 0 Å². The minimum Gasteiger partial charge on any atom is -0.457 e. The average molecular weight is 959 g/mol. The second-order valence-corrected chi connectivity index (χ2v) is 22.1. The smallest absolute Gasteiger partial charge is 0.127 e. The maximum absolute atomic E-state index is 5.97. The molecule has 5 fully saturated rings. The fourth-order valence-corrected chi connectivity index (χ4v) is 9.89. The standard InChI is InChI=1S/C21H20N2.C19H23NO.C14H20N2.C11H15N/c22-21-15-20(21)16-11-13-19(14-12-16)23(17-7-3-1-4-8-17)18-9-5-2-6-10-18;1-19(2,3)14-6-10-16(11-7-14)21-15-8-4-13(5-9-15)17-12-18(17)20;15-14-10-13(14)11-4-6-12(7-5-11)16-8-2-1-3-9-16;1-7-3-4-9(5-8(7)2)10-6-11(10)12/h1-14,20-21H,15,22H2;4-11,17-18H,12,20H2,1-3H3;4-7,13-14H,1-3,8-10,15H2;3-5,10-11H,6,12H2,1-2H3. The molecule has 72 heavy (non-hydrogen) atoms. The van der Waals surface area contributed by atoms with Crippen LogP contribution in [0.2, 0.25) is 0 Å². The van der Waals surface area contributed by atoms with E-state index in [1.165, 1.54) is 95.5 Å². The maximum Gasteiger partial charge on any atom is 0.127 e. The number of rotatable bonds is 10. The molecule has 7 heteroatoms. The largest absolute Gasteiger partial charge is 0.457 e. The summed E-state index contributed by atoms with van der Waals surface area (Å²) in [5.41, 5.74) is 38.1. The van der Waals surface area contributed by atoms with Crippen molar-refractivity contribution in [1.29, 1.82) is 0 Å². The van der Waals surface area contributed by atoms with Gasteiger partial charge in [-0.25, -0.2) is 0 Å². The predicted molar refractivity (Wildman–Crippen MR) is 303 cm³/mol. The van der Waals surface area contributed by atoms with E-state index in [-0.39, 0.29) is 5.41 Å². The number of aryl methyl sites for hydroxylation is 2. The summed E-state index contributed by atoms with van der Waals surface area (Å²) in [7, 11) is 0. The lowest BCUT2D eigenvalue weighted by molar-refractivity contribution is 0.481. The predicted octanol–water partition coefficient (Wildman–Crippen LogP) is 14.2. The molecule has 374 valence electrons. The Morgan fingerprint density at radius 1 is 0.431 bits per heavy atom. The monoisotopic (exact) mass is 959 g/mol. The van der Waals surface area contributed by atoms with E-state index < -0.39 is 0 Å². The van der Waals surface area contributed by atoms with Crippen molar-refractivity contribution < 1.29 is 4.74 Å². The first kappa shape index (κ1) is 50.7. The minimum absolute atomic E-state index is 0.170. The van der Waals surface area contributed by atoms with Crippen LogP contribution in [0.3, 0.4) is 0 Å². The lowest BCUT2D eigenvalue weighted by Gasteiger charge is -2.28. The van der Waals surface area contributed by atoms with Crippen LogP contribution in [-0.4, -0.2) is 37.3 Å². The summed E-state index contributed by atoms with van der Waals surface area (Å²) in [4.78, 5) is 4.77. The van der Waals surface area contributed by atoms with Gasteiger partial charge in [0.25, 0.3) is 0 Å². The molecule has 0 spiro atoms. The zero-order valence-electron chi connectivity index (χ0n) is 43.3. The summed E-state index contributed by atoms with van der Waals surface area (Å²) >= 11 is 0. The second-order valence-electron chi connectivity index (χ2n) is 22.1. The van der Waals surface area contributed by atoms with Gasteiger partial charge in [0.15, 0.2) is 0 Å². The van der Waals surface area contributed by atoms with Crippen molar-refractivity contribution in [3.63, 3.8) is 0 Å². The van der Waals surface area contributed by atoms with E-state index in [1.54, 1.807) is 0 Å². The Bertz CT molecular complexity index is 2750. The van der Waals surface area contributed by atoms with Crippen LogP contribution < -0.4 is 37.5 Å². The van der Waals surface area contributed by atoms with Crippen molar-refractivity contribution >= 4 is 22.7 Å².